The molecular formula is C18H12O3S. The number of hydrogen-bond donors (Lipinski definition) is 2. The van der Waals surface area contributed by atoms with Gasteiger partial charge >= 0.3 is 0 Å². The molecule has 2 N–H and O–H groups in total. The van der Waals surface area contributed by atoms with Gasteiger partial charge in [-0.2, -0.15) is 0 Å². The maximum Gasteiger partial charge on any atom is 0.168 e. The molecule has 1 aliphatic rings. The summed E-state index contributed by atoms with van der Waals surface area (Å²) in [7, 11) is 0. The molecule has 0 aliphatic heterocycles. The molecule has 4 rings (SSSR count). The van der Waals surface area contributed by atoms with Gasteiger partial charge < -0.3 is 10.2 Å². The number of Topliss-reactive ketones (excluding diaryl/α,β-unsaturated/α-hetero) is 1. The van der Waals surface area contributed by atoms with E-state index in [-0.39, 0.29) is 23.7 Å². The molecule has 1 aliphatic carbocycles. The van der Waals surface area contributed by atoms with Gasteiger partial charge in [0.25, 0.3) is 0 Å². The summed E-state index contributed by atoms with van der Waals surface area (Å²) in [5.41, 5.74) is 2.87. The highest BCUT2D eigenvalue weighted by Gasteiger charge is 2.25. The molecule has 4 heteroatoms. The normalized spacial score (nSPS) is 14.0. The van der Waals surface area contributed by atoms with Crippen LogP contribution in [-0.2, 0) is 11.2 Å². The lowest BCUT2D eigenvalue weighted by atomic mass is 9.87. The van der Waals surface area contributed by atoms with Crippen molar-refractivity contribution in [3.63, 3.8) is 0 Å². The third kappa shape index (κ3) is 1.84. The molecule has 0 bridgehead atoms. The van der Waals surface area contributed by atoms with Crippen LogP contribution in [0.5, 0.6) is 11.5 Å². The second kappa shape index (κ2) is 4.71. The predicted octanol–water partition coefficient (Wildman–Crippen LogP) is 3.98. The van der Waals surface area contributed by atoms with Gasteiger partial charge in [-0.15, -0.1) is 11.3 Å². The van der Waals surface area contributed by atoms with Gasteiger partial charge in [-0.3, -0.25) is 4.79 Å². The number of phenols is 2. The van der Waals surface area contributed by atoms with Gasteiger partial charge in [0.15, 0.2) is 17.3 Å². The second-order valence-electron chi connectivity index (χ2n) is 5.30. The highest BCUT2D eigenvalue weighted by Crippen LogP contribution is 2.40. The van der Waals surface area contributed by atoms with Gasteiger partial charge in [0.1, 0.15) is 0 Å². The molecule has 3 aromatic rings. The summed E-state index contributed by atoms with van der Waals surface area (Å²) in [5, 5.41) is 22.6. The van der Waals surface area contributed by atoms with Crippen LogP contribution in [0, 0.1) is 0 Å². The SMILES string of the molecule is O=C1Cc2c(ccc(O)c2O)C=C1c1csc2ccccc12. The molecule has 0 saturated carbocycles. The Morgan fingerprint density at radius 2 is 1.86 bits per heavy atom. The van der Waals surface area contributed by atoms with Crippen LogP contribution in [0.3, 0.4) is 0 Å². The summed E-state index contributed by atoms with van der Waals surface area (Å²) in [6, 6.07) is 11.2. The highest BCUT2D eigenvalue weighted by molar-refractivity contribution is 7.17. The molecular weight excluding hydrogens is 296 g/mol. The first-order valence-electron chi connectivity index (χ1n) is 6.90. The molecule has 0 radical (unpaired) electrons. The van der Waals surface area contributed by atoms with E-state index in [2.05, 4.69) is 0 Å². The third-order valence-electron chi connectivity index (χ3n) is 4.01. The summed E-state index contributed by atoms with van der Waals surface area (Å²) < 4.78 is 1.14. The van der Waals surface area contributed by atoms with E-state index in [0.717, 1.165) is 21.2 Å². The van der Waals surface area contributed by atoms with Crippen molar-refractivity contribution in [2.24, 2.45) is 0 Å². The molecule has 108 valence electrons. The summed E-state index contributed by atoms with van der Waals surface area (Å²) in [6.07, 6.45) is 1.90. The van der Waals surface area contributed by atoms with Crippen molar-refractivity contribution < 1.29 is 15.0 Å². The maximum atomic E-state index is 12.5. The van der Waals surface area contributed by atoms with Crippen LogP contribution < -0.4 is 0 Å². The van der Waals surface area contributed by atoms with Crippen LogP contribution in [0.4, 0.5) is 0 Å². The quantitative estimate of drug-likeness (QED) is 0.669. The first kappa shape index (κ1) is 13.1. The summed E-state index contributed by atoms with van der Waals surface area (Å²) >= 11 is 1.61. The average Bonchev–Trinajstić information content (AvgIpc) is 2.95. The summed E-state index contributed by atoms with van der Waals surface area (Å²) in [5.74, 6) is -0.433. The molecule has 0 fully saturated rings. The Bertz CT molecular complexity index is 950. The first-order chi connectivity index (χ1) is 10.6. The van der Waals surface area contributed by atoms with E-state index in [9.17, 15) is 15.0 Å². The van der Waals surface area contributed by atoms with Crippen LogP contribution in [0.1, 0.15) is 16.7 Å². The van der Waals surface area contributed by atoms with Gasteiger partial charge in [0.05, 0.1) is 0 Å². The van der Waals surface area contributed by atoms with Crippen LogP contribution in [0.15, 0.2) is 41.8 Å². The van der Waals surface area contributed by atoms with Crippen LogP contribution in [0.25, 0.3) is 21.7 Å². The summed E-state index contributed by atoms with van der Waals surface area (Å²) in [4.78, 5) is 12.5. The molecule has 0 saturated heterocycles. The standard InChI is InChI=1S/C18H12O3S/c19-15-6-5-10-7-13(16(20)8-12(10)18(15)21)14-9-22-17-4-2-1-3-11(14)17/h1-7,9,19,21H,8H2. The van der Waals surface area contributed by atoms with Crippen molar-refractivity contribution >= 4 is 38.9 Å². The van der Waals surface area contributed by atoms with E-state index < -0.39 is 0 Å². The van der Waals surface area contributed by atoms with Gasteiger partial charge in [0.2, 0.25) is 0 Å². The Morgan fingerprint density at radius 3 is 2.73 bits per heavy atom. The number of phenolic OH excluding ortho intramolecular Hbond substituents is 2. The molecule has 22 heavy (non-hydrogen) atoms. The number of allylic oxidation sites excluding steroid dienone is 1. The fraction of sp³-hybridized carbons (Fsp3) is 0.0556. The zero-order valence-corrected chi connectivity index (χ0v) is 12.4. The van der Waals surface area contributed by atoms with Crippen LogP contribution in [0.2, 0.25) is 0 Å². The molecule has 0 atom stereocenters. The molecule has 0 spiro atoms. The lowest BCUT2D eigenvalue weighted by Crippen LogP contribution is -2.11. The zero-order chi connectivity index (χ0) is 15.3. The average molecular weight is 308 g/mol. The van der Waals surface area contributed by atoms with E-state index in [0.29, 0.717) is 11.1 Å². The minimum absolute atomic E-state index is 0.0445. The minimum atomic E-state index is -0.198. The number of benzene rings is 2. The van der Waals surface area contributed by atoms with Crippen LogP contribution >= 0.6 is 11.3 Å². The number of ketones is 1. The Hall–Kier alpha value is -2.59. The molecule has 3 nitrogen and oxygen atoms in total. The molecule has 1 aromatic heterocycles. The number of fused-ring (bicyclic) bond motifs is 2. The Labute approximate surface area is 130 Å². The number of rotatable bonds is 1. The van der Waals surface area contributed by atoms with Gasteiger partial charge in [0, 0.05) is 33.2 Å². The lowest BCUT2D eigenvalue weighted by Gasteiger charge is -2.17. The highest BCUT2D eigenvalue weighted by atomic mass is 32.1. The van der Waals surface area contributed by atoms with Crippen molar-refractivity contribution in [1.29, 1.82) is 0 Å². The maximum absolute atomic E-state index is 12.5. The van der Waals surface area contributed by atoms with Crippen molar-refractivity contribution in [3.8, 4) is 11.5 Å². The van der Waals surface area contributed by atoms with Crippen molar-refractivity contribution in [3.05, 3.63) is 58.5 Å². The number of aromatic hydroxyl groups is 2. The Morgan fingerprint density at radius 1 is 1.05 bits per heavy atom. The monoisotopic (exact) mass is 308 g/mol. The lowest BCUT2D eigenvalue weighted by molar-refractivity contribution is -0.113. The number of hydrogen-bond acceptors (Lipinski definition) is 4. The van der Waals surface area contributed by atoms with Crippen LogP contribution in [-0.4, -0.2) is 16.0 Å². The van der Waals surface area contributed by atoms with Crippen molar-refractivity contribution in [2.45, 2.75) is 6.42 Å². The Balaban J connectivity index is 1.93. The second-order valence-corrected chi connectivity index (χ2v) is 6.22. The zero-order valence-electron chi connectivity index (χ0n) is 11.5. The fourth-order valence-corrected chi connectivity index (χ4v) is 3.83. The molecule has 2 aromatic carbocycles. The van der Waals surface area contributed by atoms with E-state index in [4.69, 9.17) is 0 Å². The predicted molar refractivity (Wildman–Crippen MR) is 88.2 cm³/mol. The van der Waals surface area contributed by atoms with Gasteiger partial charge in [-0.05, 0) is 29.2 Å². The van der Waals surface area contributed by atoms with Crippen molar-refractivity contribution in [1.82, 2.24) is 0 Å². The third-order valence-corrected chi connectivity index (χ3v) is 4.97. The molecule has 0 unspecified atom stereocenters. The Kier molecular flexibility index (Phi) is 2.81. The van der Waals surface area contributed by atoms with E-state index in [1.165, 1.54) is 6.07 Å². The van der Waals surface area contributed by atoms with E-state index in [1.54, 1.807) is 23.5 Å². The van der Waals surface area contributed by atoms with Gasteiger partial charge in [-0.1, -0.05) is 24.3 Å². The first-order valence-corrected chi connectivity index (χ1v) is 7.78. The number of carbonyl (C=O) groups excluding carboxylic acids is 1. The fourth-order valence-electron chi connectivity index (χ4n) is 2.87. The topological polar surface area (TPSA) is 57.5 Å². The largest absolute Gasteiger partial charge is 0.504 e. The smallest absolute Gasteiger partial charge is 0.168 e. The molecule has 0 amide bonds. The number of carbonyl (C=O) groups is 1. The number of thiophene rings is 1. The van der Waals surface area contributed by atoms with Crippen molar-refractivity contribution in [2.75, 3.05) is 0 Å². The minimum Gasteiger partial charge on any atom is -0.504 e. The molecule has 1 heterocycles. The summed E-state index contributed by atoms with van der Waals surface area (Å²) in [6.45, 7) is 0. The van der Waals surface area contributed by atoms with Gasteiger partial charge in [-0.25, -0.2) is 0 Å². The van der Waals surface area contributed by atoms with E-state index in [1.807, 2.05) is 29.6 Å². The van der Waals surface area contributed by atoms with E-state index >= 15 is 0 Å².